The van der Waals surface area contributed by atoms with Gasteiger partial charge in [0.15, 0.2) is 0 Å². The molecule has 3 aromatic heterocycles. The molecule has 3 aromatic rings. The van der Waals surface area contributed by atoms with Crippen molar-refractivity contribution in [2.24, 2.45) is 7.05 Å². The molecule has 126 valence electrons. The average Bonchev–Trinajstić information content (AvgIpc) is 3.12. The van der Waals surface area contributed by atoms with E-state index in [0.29, 0.717) is 11.5 Å². The summed E-state index contributed by atoms with van der Waals surface area (Å²) >= 11 is 1.34. The lowest BCUT2D eigenvalue weighted by molar-refractivity contribution is 0.0531. The quantitative estimate of drug-likeness (QED) is 0.692. The van der Waals surface area contributed by atoms with Crippen molar-refractivity contribution in [1.82, 2.24) is 19.7 Å². The van der Waals surface area contributed by atoms with Crippen LogP contribution in [0.1, 0.15) is 27.7 Å². The number of esters is 1. The molecule has 7 nitrogen and oxygen atoms in total. The van der Waals surface area contributed by atoms with Crippen molar-refractivity contribution >= 4 is 33.3 Å². The van der Waals surface area contributed by atoms with Gasteiger partial charge < -0.3 is 10.1 Å². The average molecular weight is 345 g/mol. The lowest BCUT2D eigenvalue weighted by Crippen LogP contribution is -2.07. The molecule has 3 rings (SSSR count). The third kappa shape index (κ3) is 3.23. The van der Waals surface area contributed by atoms with Gasteiger partial charge in [-0.2, -0.15) is 5.10 Å². The molecule has 1 N–H and O–H groups in total. The fourth-order valence-electron chi connectivity index (χ4n) is 2.52. The van der Waals surface area contributed by atoms with Crippen molar-refractivity contribution in [2.45, 2.75) is 20.3 Å². The number of hydrogen-bond donors (Lipinski definition) is 1. The first-order valence-electron chi connectivity index (χ1n) is 7.72. The van der Waals surface area contributed by atoms with E-state index in [9.17, 15) is 4.79 Å². The Bertz CT molecular complexity index is 871. The number of nitrogens with zero attached hydrogens (tertiary/aromatic N) is 4. The molecule has 0 atom stereocenters. The highest BCUT2D eigenvalue weighted by molar-refractivity contribution is 7.20. The summed E-state index contributed by atoms with van der Waals surface area (Å²) in [7, 11) is 1.90. The summed E-state index contributed by atoms with van der Waals surface area (Å²) in [6.45, 7) is 4.78. The van der Waals surface area contributed by atoms with Gasteiger partial charge in [0, 0.05) is 19.8 Å². The maximum Gasteiger partial charge on any atom is 0.348 e. The first kappa shape index (κ1) is 16.4. The minimum absolute atomic E-state index is 0.306. The molecule has 0 bridgehead atoms. The van der Waals surface area contributed by atoms with Gasteiger partial charge in [0.05, 0.1) is 18.2 Å². The lowest BCUT2D eigenvalue weighted by atomic mass is 10.2. The third-order valence-corrected chi connectivity index (χ3v) is 4.83. The van der Waals surface area contributed by atoms with E-state index in [4.69, 9.17) is 4.74 Å². The van der Waals surface area contributed by atoms with Crippen molar-refractivity contribution in [3.05, 3.63) is 34.7 Å². The predicted molar refractivity (Wildman–Crippen MR) is 93.5 cm³/mol. The molecule has 8 heteroatoms. The van der Waals surface area contributed by atoms with Crippen molar-refractivity contribution in [3.63, 3.8) is 0 Å². The summed E-state index contributed by atoms with van der Waals surface area (Å²) in [5.74, 6) is 0.437. The number of carbonyl (C=O) groups is 1. The van der Waals surface area contributed by atoms with E-state index in [-0.39, 0.29) is 5.97 Å². The van der Waals surface area contributed by atoms with Crippen LogP contribution in [-0.4, -0.2) is 38.9 Å². The number of ether oxygens (including phenoxy) is 1. The topological polar surface area (TPSA) is 81.9 Å². The van der Waals surface area contributed by atoms with Gasteiger partial charge in [-0.15, -0.1) is 11.3 Å². The van der Waals surface area contributed by atoms with Crippen molar-refractivity contribution in [1.29, 1.82) is 0 Å². The Morgan fingerprint density at radius 1 is 1.42 bits per heavy atom. The fraction of sp³-hybridized carbons (Fsp3) is 0.375. The second-order valence-electron chi connectivity index (χ2n) is 5.38. The molecule has 0 aromatic carbocycles. The SMILES string of the molecule is CCOC(=O)c1sc2ncnc(NCCc3cnn(C)c3)c2c1C. The van der Waals surface area contributed by atoms with E-state index in [1.54, 1.807) is 11.6 Å². The minimum Gasteiger partial charge on any atom is -0.462 e. The van der Waals surface area contributed by atoms with Crippen LogP contribution < -0.4 is 5.32 Å². The Kier molecular flexibility index (Phi) is 4.75. The van der Waals surface area contributed by atoms with Crippen LogP contribution in [0, 0.1) is 6.92 Å². The maximum absolute atomic E-state index is 12.1. The van der Waals surface area contributed by atoms with E-state index < -0.39 is 0 Å². The summed E-state index contributed by atoms with van der Waals surface area (Å²) in [5.41, 5.74) is 2.02. The molecule has 3 heterocycles. The number of anilines is 1. The van der Waals surface area contributed by atoms with Gasteiger partial charge in [0.2, 0.25) is 0 Å². The number of nitrogens with one attached hydrogen (secondary N) is 1. The van der Waals surface area contributed by atoms with Gasteiger partial charge >= 0.3 is 5.97 Å². The maximum atomic E-state index is 12.1. The van der Waals surface area contributed by atoms with Crippen LogP contribution in [0.15, 0.2) is 18.7 Å². The van der Waals surface area contributed by atoms with Crippen LogP contribution in [0.3, 0.4) is 0 Å². The van der Waals surface area contributed by atoms with Gasteiger partial charge in [-0.05, 0) is 31.4 Å². The zero-order chi connectivity index (χ0) is 17.1. The minimum atomic E-state index is -0.306. The molecule has 0 aliphatic rings. The summed E-state index contributed by atoms with van der Waals surface area (Å²) < 4.78 is 6.90. The highest BCUT2D eigenvalue weighted by Crippen LogP contribution is 2.33. The Morgan fingerprint density at radius 3 is 2.96 bits per heavy atom. The molecule has 24 heavy (non-hydrogen) atoms. The van der Waals surface area contributed by atoms with E-state index in [0.717, 1.165) is 40.1 Å². The summed E-state index contributed by atoms with van der Waals surface area (Å²) in [4.78, 5) is 22.0. The Labute approximate surface area is 143 Å². The molecule has 0 amide bonds. The third-order valence-electron chi connectivity index (χ3n) is 3.65. The summed E-state index contributed by atoms with van der Waals surface area (Å²) in [6, 6.07) is 0. The molecule has 0 spiro atoms. The molecular formula is C16H19N5O2S. The van der Waals surface area contributed by atoms with Crippen LogP contribution in [0.5, 0.6) is 0 Å². The molecular weight excluding hydrogens is 326 g/mol. The van der Waals surface area contributed by atoms with E-state index >= 15 is 0 Å². The number of hydrogen-bond acceptors (Lipinski definition) is 7. The van der Waals surface area contributed by atoms with E-state index in [1.807, 2.05) is 26.4 Å². The number of carbonyl (C=O) groups excluding carboxylic acids is 1. The molecule has 0 saturated carbocycles. The molecule has 0 saturated heterocycles. The first-order valence-corrected chi connectivity index (χ1v) is 8.54. The van der Waals surface area contributed by atoms with Crippen molar-refractivity contribution in [2.75, 3.05) is 18.5 Å². The highest BCUT2D eigenvalue weighted by atomic mass is 32.1. The van der Waals surface area contributed by atoms with Gasteiger partial charge in [-0.25, -0.2) is 14.8 Å². The fourth-order valence-corrected chi connectivity index (χ4v) is 3.57. The second-order valence-corrected chi connectivity index (χ2v) is 6.38. The van der Waals surface area contributed by atoms with Gasteiger partial charge in [-0.1, -0.05) is 0 Å². The van der Waals surface area contributed by atoms with Crippen molar-refractivity contribution in [3.8, 4) is 0 Å². The van der Waals surface area contributed by atoms with Crippen molar-refractivity contribution < 1.29 is 9.53 Å². The number of thiophene rings is 1. The normalized spacial score (nSPS) is 11.0. The standard InChI is InChI=1S/C16H19N5O2S/c1-4-23-16(22)13-10(2)12-14(18-9-19-15(12)24-13)17-6-5-11-7-20-21(3)8-11/h7-9H,4-6H2,1-3H3,(H,17,18,19). The van der Waals surface area contributed by atoms with E-state index in [2.05, 4.69) is 20.4 Å². The summed E-state index contributed by atoms with van der Waals surface area (Å²) in [5, 5.41) is 8.38. The van der Waals surface area contributed by atoms with Crippen LogP contribution >= 0.6 is 11.3 Å². The van der Waals surface area contributed by atoms with Gasteiger partial charge in [-0.3, -0.25) is 4.68 Å². The second kappa shape index (κ2) is 6.96. The first-order chi connectivity index (χ1) is 11.6. The smallest absolute Gasteiger partial charge is 0.348 e. The molecule has 0 fully saturated rings. The predicted octanol–water partition coefficient (Wildman–Crippen LogP) is 2.56. The van der Waals surface area contributed by atoms with Crippen LogP contribution in [0.25, 0.3) is 10.2 Å². The number of aromatic nitrogens is 4. The van der Waals surface area contributed by atoms with Gasteiger partial charge in [0.25, 0.3) is 0 Å². The van der Waals surface area contributed by atoms with Gasteiger partial charge in [0.1, 0.15) is 21.9 Å². The number of fused-ring (bicyclic) bond motifs is 1. The van der Waals surface area contributed by atoms with Crippen LogP contribution in [0.2, 0.25) is 0 Å². The number of aryl methyl sites for hydroxylation is 2. The monoisotopic (exact) mass is 345 g/mol. The molecule has 0 aliphatic heterocycles. The van der Waals surface area contributed by atoms with Crippen LogP contribution in [0.4, 0.5) is 5.82 Å². The number of rotatable bonds is 6. The summed E-state index contributed by atoms with van der Waals surface area (Å²) in [6.07, 6.45) is 6.20. The largest absolute Gasteiger partial charge is 0.462 e. The Balaban J connectivity index is 1.81. The lowest BCUT2D eigenvalue weighted by Gasteiger charge is -2.06. The Morgan fingerprint density at radius 2 is 2.25 bits per heavy atom. The van der Waals surface area contributed by atoms with Crippen LogP contribution in [-0.2, 0) is 18.2 Å². The zero-order valence-electron chi connectivity index (χ0n) is 13.9. The Hall–Kier alpha value is -2.48. The van der Waals surface area contributed by atoms with E-state index in [1.165, 1.54) is 17.7 Å². The molecule has 0 radical (unpaired) electrons. The molecule has 0 aliphatic carbocycles. The molecule has 0 unspecified atom stereocenters. The zero-order valence-corrected chi connectivity index (χ0v) is 14.7. The highest BCUT2D eigenvalue weighted by Gasteiger charge is 2.19.